The number of hydrogen-bond acceptors (Lipinski definition) is 3. The summed E-state index contributed by atoms with van der Waals surface area (Å²) >= 11 is 11.8. The molecule has 0 saturated carbocycles. The van der Waals surface area contributed by atoms with Gasteiger partial charge in [0, 0.05) is 34.0 Å². The highest BCUT2D eigenvalue weighted by Crippen LogP contribution is 2.25. The lowest BCUT2D eigenvalue weighted by molar-refractivity contribution is -0.120. The summed E-state index contributed by atoms with van der Waals surface area (Å²) < 4.78 is 0. The molecule has 0 fully saturated rings. The van der Waals surface area contributed by atoms with Crippen LogP contribution < -0.4 is 5.32 Å². The molecule has 2 N–H and O–H groups in total. The van der Waals surface area contributed by atoms with Gasteiger partial charge < -0.3 is 10.4 Å². The molecule has 1 atom stereocenters. The third-order valence-corrected chi connectivity index (χ3v) is 3.71. The molecular formula is C16H16Cl2N2O2. The SMILES string of the molecule is Cc1ccc(CC(=O)NC[C@@H](O)c2ccc(Cl)cc2Cl)cn1. The fourth-order valence-corrected chi connectivity index (χ4v) is 2.48. The molecule has 0 aliphatic rings. The third kappa shape index (κ3) is 4.70. The number of rotatable bonds is 5. The van der Waals surface area contributed by atoms with E-state index in [0.717, 1.165) is 11.3 Å². The Morgan fingerprint density at radius 3 is 2.73 bits per heavy atom. The Morgan fingerprint density at radius 1 is 1.32 bits per heavy atom. The van der Waals surface area contributed by atoms with Crippen LogP contribution in [0, 0.1) is 6.92 Å². The van der Waals surface area contributed by atoms with E-state index in [0.29, 0.717) is 15.6 Å². The van der Waals surface area contributed by atoms with Gasteiger partial charge in [-0.05, 0) is 30.7 Å². The van der Waals surface area contributed by atoms with Gasteiger partial charge in [-0.25, -0.2) is 0 Å². The van der Waals surface area contributed by atoms with Crippen molar-refractivity contribution in [1.29, 1.82) is 0 Å². The monoisotopic (exact) mass is 338 g/mol. The van der Waals surface area contributed by atoms with Crippen LogP contribution in [0.3, 0.4) is 0 Å². The summed E-state index contributed by atoms with van der Waals surface area (Å²) in [7, 11) is 0. The lowest BCUT2D eigenvalue weighted by Gasteiger charge is -2.14. The van der Waals surface area contributed by atoms with E-state index < -0.39 is 6.10 Å². The molecule has 1 heterocycles. The number of benzene rings is 1. The van der Waals surface area contributed by atoms with Crippen LogP contribution in [-0.4, -0.2) is 22.5 Å². The van der Waals surface area contributed by atoms with E-state index in [9.17, 15) is 9.90 Å². The number of carbonyl (C=O) groups is 1. The highest BCUT2D eigenvalue weighted by Gasteiger charge is 2.13. The van der Waals surface area contributed by atoms with Crippen LogP contribution in [0.2, 0.25) is 10.0 Å². The topological polar surface area (TPSA) is 62.2 Å². The maximum atomic E-state index is 11.9. The molecule has 6 heteroatoms. The van der Waals surface area contributed by atoms with Gasteiger partial charge in [-0.15, -0.1) is 0 Å². The maximum Gasteiger partial charge on any atom is 0.224 e. The van der Waals surface area contributed by atoms with Crippen LogP contribution in [0.25, 0.3) is 0 Å². The van der Waals surface area contributed by atoms with Crippen LogP contribution in [-0.2, 0) is 11.2 Å². The molecule has 0 aliphatic carbocycles. The number of nitrogens with zero attached hydrogens (tertiary/aromatic N) is 1. The van der Waals surface area contributed by atoms with E-state index in [1.807, 2.05) is 19.1 Å². The van der Waals surface area contributed by atoms with Crippen molar-refractivity contribution >= 4 is 29.1 Å². The maximum absolute atomic E-state index is 11.9. The van der Waals surface area contributed by atoms with Gasteiger partial charge in [0.1, 0.15) is 0 Å². The average Bonchev–Trinajstić information content (AvgIpc) is 2.47. The zero-order valence-electron chi connectivity index (χ0n) is 12.0. The molecule has 0 radical (unpaired) electrons. The van der Waals surface area contributed by atoms with Crippen LogP contribution in [0.4, 0.5) is 0 Å². The van der Waals surface area contributed by atoms with Gasteiger partial charge in [0.2, 0.25) is 5.91 Å². The van der Waals surface area contributed by atoms with Gasteiger partial charge >= 0.3 is 0 Å². The molecule has 0 unspecified atom stereocenters. The first kappa shape index (κ1) is 16.7. The van der Waals surface area contributed by atoms with E-state index >= 15 is 0 Å². The number of pyridine rings is 1. The minimum Gasteiger partial charge on any atom is -0.387 e. The van der Waals surface area contributed by atoms with Crippen LogP contribution in [0.1, 0.15) is 22.9 Å². The zero-order valence-corrected chi connectivity index (χ0v) is 13.5. The van der Waals surface area contributed by atoms with E-state index in [4.69, 9.17) is 23.2 Å². The molecule has 116 valence electrons. The van der Waals surface area contributed by atoms with Gasteiger partial charge in [-0.3, -0.25) is 9.78 Å². The predicted octanol–water partition coefficient (Wildman–Crippen LogP) is 3.09. The van der Waals surface area contributed by atoms with Crippen molar-refractivity contribution in [3.8, 4) is 0 Å². The summed E-state index contributed by atoms with van der Waals surface area (Å²) in [4.78, 5) is 16.0. The molecule has 1 amide bonds. The minimum absolute atomic E-state index is 0.0828. The molecule has 4 nitrogen and oxygen atoms in total. The second kappa shape index (κ2) is 7.58. The molecule has 0 aliphatic heterocycles. The summed E-state index contributed by atoms with van der Waals surface area (Å²) in [6, 6.07) is 8.55. The Balaban J connectivity index is 1.88. The first-order valence-corrected chi connectivity index (χ1v) is 7.52. The Labute approximate surface area is 139 Å². The van der Waals surface area contributed by atoms with Crippen molar-refractivity contribution in [2.45, 2.75) is 19.4 Å². The molecule has 1 aromatic carbocycles. The van der Waals surface area contributed by atoms with Crippen molar-refractivity contribution in [1.82, 2.24) is 10.3 Å². The minimum atomic E-state index is -0.884. The number of aromatic nitrogens is 1. The number of aliphatic hydroxyl groups excluding tert-OH is 1. The molecule has 0 spiro atoms. The molecule has 0 saturated heterocycles. The lowest BCUT2D eigenvalue weighted by Crippen LogP contribution is -2.29. The number of amides is 1. The van der Waals surface area contributed by atoms with E-state index in [-0.39, 0.29) is 18.9 Å². The molecular weight excluding hydrogens is 323 g/mol. The highest BCUT2D eigenvalue weighted by molar-refractivity contribution is 6.35. The predicted molar refractivity (Wildman–Crippen MR) is 87.1 cm³/mol. The van der Waals surface area contributed by atoms with E-state index in [1.54, 1.807) is 24.4 Å². The quantitative estimate of drug-likeness (QED) is 0.880. The van der Waals surface area contributed by atoms with Gasteiger partial charge in [-0.1, -0.05) is 35.3 Å². The number of nitrogens with one attached hydrogen (secondary N) is 1. The van der Waals surface area contributed by atoms with Gasteiger partial charge in [0.05, 0.1) is 12.5 Å². The van der Waals surface area contributed by atoms with Gasteiger partial charge in [0.15, 0.2) is 0 Å². The second-order valence-corrected chi connectivity index (χ2v) is 5.81. The lowest BCUT2D eigenvalue weighted by atomic mass is 10.1. The molecule has 0 bridgehead atoms. The summed E-state index contributed by atoms with van der Waals surface area (Å²) in [6.07, 6.45) is 1.00. The number of aryl methyl sites for hydroxylation is 1. The molecule has 2 aromatic rings. The highest BCUT2D eigenvalue weighted by atomic mass is 35.5. The summed E-state index contributed by atoms with van der Waals surface area (Å²) in [5.74, 6) is -0.185. The molecule has 1 aromatic heterocycles. The summed E-state index contributed by atoms with van der Waals surface area (Å²) in [6.45, 7) is 1.97. The Morgan fingerprint density at radius 2 is 2.09 bits per heavy atom. The van der Waals surface area contributed by atoms with E-state index in [2.05, 4.69) is 10.3 Å². The van der Waals surface area contributed by atoms with Crippen molar-refractivity contribution in [2.24, 2.45) is 0 Å². The van der Waals surface area contributed by atoms with Crippen LogP contribution in [0.5, 0.6) is 0 Å². The average molecular weight is 339 g/mol. The van der Waals surface area contributed by atoms with Crippen molar-refractivity contribution < 1.29 is 9.90 Å². The third-order valence-electron chi connectivity index (χ3n) is 3.15. The number of carbonyl (C=O) groups excluding carboxylic acids is 1. The van der Waals surface area contributed by atoms with E-state index in [1.165, 1.54) is 0 Å². The fourth-order valence-electron chi connectivity index (χ4n) is 1.94. The zero-order chi connectivity index (χ0) is 16.1. The Hall–Kier alpha value is -1.62. The second-order valence-electron chi connectivity index (χ2n) is 4.97. The normalized spacial score (nSPS) is 12.0. The smallest absolute Gasteiger partial charge is 0.224 e. The van der Waals surface area contributed by atoms with Crippen molar-refractivity contribution in [2.75, 3.05) is 6.54 Å². The summed E-state index contributed by atoms with van der Waals surface area (Å²) in [5, 5.41) is 13.6. The van der Waals surface area contributed by atoms with Crippen LogP contribution in [0.15, 0.2) is 36.5 Å². The Bertz CT molecular complexity index is 660. The molecule has 2 rings (SSSR count). The van der Waals surface area contributed by atoms with Crippen molar-refractivity contribution in [3.05, 3.63) is 63.4 Å². The van der Waals surface area contributed by atoms with Gasteiger partial charge in [-0.2, -0.15) is 0 Å². The Kier molecular flexibility index (Phi) is 5.77. The number of halogens is 2. The molecule has 22 heavy (non-hydrogen) atoms. The number of aliphatic hydroxyl groups is 1. The number of hydrogen-bond donors (Lipinski definition) is 2. The largest absolute Gasteiger partial charge is 0.387 e. The van der Waals surface area contributed by atoms with Crippen molar-refractivity contribution in [3.63, 3.8) is 0 Å². The summed E-state index contributed by atoms with van der Waals surface area (Å²) in [5.41, 5.74) is 2.25. The first-order valence-electron chi connectivity index (χ1n) is 6.77. The standard InChI is InChI=1S/C16H16Cl2N2O2/c1-10-2-3-11(8-19-10)6-16(22)20-9-15(21)13-5-4-12(17)7-14(13)18/h2-5,7-8,15,21H,6,9H2,1H3,(H,20,22)/t15-/m1/s1. The van der Waals surface area contributed by atoms with Gasteiger partial charge in [0.25, 0.3) is 0 Å². The first-order chi connectivity index (χ1) is 10.5. The van der Waals surface area contributed by atoms with Crippen LogP contribution >= 0.6 is 23.2 Å². The fraction of sp³-hybridized carbons (Fsp3) is 0.250.